The summed E-state index contributed by atoms with van der Waals surface area (Å²) in [5.74, 6) is 1.21. The van der Waals surface area contributed by atoms with Gasteiger partial charge in [-0.1, -0.05) is 13.0 Å². The Morgan fingerprint density at radius 2 is 2.03 bits per heavy atom. The van der Waals surface area contributed by atoms with E-state index >= 15 is 0 Å². The van der Waals surface area contributed by atoms with E-state index in [0.29, 0.717) is 24.6 Å². The average molecular weight is 444 g/mol. The molecule has 1 atom stereocenters. The van der Waals surface area contributed by atoms with E-state index in [0.717, 1.165) is 17.5 Å². The third kappa shape index (κ3) is 4.04. The number of aromatic nitrogens is 4. The summed E-state index contributed by atoms with van der Waals surface area (Å²) in [7, 11) is 1.86. The van der Waals surface area contributed by atoms with Crippen LogP contribution in [-0.2, 0) is 26.2 Å². The van der Waals surface area contributed by atoms with E-state index in [2.05, 4.69) is 20.5 Å². The number of benzene rings is 1. The molecule has 0 fully saturated rings. The van der Waals surface area contributed by atoms with E-state index in [1.165, 1.54) is 17.0 Å². The van der Waals surface area contributed by atoms with E-state index in [1.54, 1.807) is 12.4 Å². The van der Waals surface area contributed by atoms with Crippen molar-refractivity contribution in [2.45, 2.75) is 38.9 Å². The van der Waals surface area contributed by atoms with Gasteiger partial charge in [-0.05, 0) is 48.2 Å². The molecule has 1 aromatic carbocycles. The molecule has 0 saturated carbocycles. The van der Waals surface area contributed by atoms with Crippen molar-refractivity contribution >= 4 is 17.5 Å². The molecule has 1 aliphatic heterocycles. The van der Waals surface area contributed by atoms with Gasteiger partial charge in [-0.3, -0.25) is 9.69 Å². The molecule has 0 bridgehead atoms. The molecule has 7 nitrogen and oxygen atoms in total. The predicted octanol–water partition coefficient (Wildman–Crippen LogP) is 4.17. The number of nitrogens with zero attached hydrogens (tertiary/aromatic N) is 5. The summed E-state index contributed by atoms with van der Waals surface area (Å²) in [4.78, 5) is 18.8. The Morgan fingerprint density at radius 3 is 2.69 bits per heavy atom. The van der Waals surface area contributed by atoms with Gasteiger partial charge in [0.15, 0.2) is 0 Å². The third-order valence-electron chi connectivity index (χ3n) is 5.60. The molecule has 10 heteroatoms. The quantitative estimate of drug-likeness (QED) is 0.618. The summed E-state index contributed by atoms with van der Waals surface area (Å²) in [6.07, 6.45) is -2.29. The van der Waals surface area contributed by atoms with Crippen molar-refractivity contribution in [1.29, 1.82) is 0 Å². The van der Waals surface area contributed by atoms with Crippen molar-refractivity contribution in [3.63, 3.8) is 0 Å². The van der Waals surface area contributed by atoms with Gasteiger partial charge in [-0.15, -0.1) is 10.2 Å². The SMILES string of the molecule is CCNc1cc(C(C)Cc2nncn2C)cc(N2Cc3c(cccc3C(F)(F)F)C2=O)n1. The standard InChI is InChI=1S/C22H23F3N6O/c1-4-26-18-9-14(13(2)8-20-29-27-12-30(20)3)10-19(28-18)31-11-16-15(21(31)32)6-5-7-17(16)22(23,24)25/h5-7,9-10,12-13H,4,8,11H2,1-3H3,(H,26,28). The first-order valence-electron chi connectivity index (χ1n) is 10.3. The number of anilines is 2. The fraction of sp³-hybridized carbons (Fsp3) is 0.364. The Labute approximate surface area is 183 Å². The van der Waals surface area contributed by atoms with Crippen LogP contribution in [-0.4, -0.2) is 32.2 Å². The van der Waals surface area contributed by atoms with Gasteiger partial charge < -0.3 is 9.88 Å². The Hall–Kier alpha value is -3.43. The normalized spacial score (nSPS) is 14.6. The second kappa shape index (κ2) is 8.25. The molecule has 1 N–H and O–H groups in total. The monoisotopic (exact) mass is 444 g/mol. The Balaban J connectivity index is 1.70. The van der Waals surface area contributed by atoms with Crippen LogP contribution < -0.4 is 10.2 Å². The van der Waals surface area contributed by atoms with Crippen molar-refractivity contribution < 1.29 is 18.0 Å². The van der Waals surface area contributed by atoms with Crippen molar-refractivity contribution in [3.05, 3.63) is 64.7 Å². The minimum Gasteiger partial charge on any atom is -0.370 e. The molecule has 0 radical (unpaired) electrons. The van der Waals surface area contributed by atoms with Crippen molar-refractivity contribution in [2.24, 2.45) is 7.05 Å². The topological polar surface area (TPSA) is 75.9 Å². The van der Waals surface area contributed by atoms with Gasteiger partial charge in [0.1, 0.15) is 23.8 Å². The van der Waals surface area contributed by atoms with Crippen LogP contribution in [0.25, 0.3) is 0 Å². The maximum atomic E-state index is 13.5. The summed E-state index contributed by atoms with van der Waals surface area (Å²) in [5, 5.41) is 11.2. The van der Waals surface area contributed by atoms with Crippen LogP contribution in [0.5, 0.6) is 0 Å². The average Bonchev–Trinajstić information content (AvgIpc) is 3.30. The van der Waals surface area contributed by atoms with E-state index in [4.69, 9.17) is 0 Å². The molecule has 4 rings (SSSR count). The van der Waals surface area contributed by atoms with Crippen molar-refractivity contribution in [1.82, 2.24) is 19.7 Å². The lowest BCUT2D eigenvalue weighted by Gasteiger charge is -2.20. The van der Waals surface area contributed by atoms with Gasteiger partial charge in [0.2, 0.25) is 0 Å². The van der Waals surface area contributed by atoms with Crippen LogP contribution in [0.15, 0.2) is 36.7 Å². The first-order chi connectivity index (χ1) is 15.2. The number of nitrogens with one attached hydrogen (secondary N) is 1. The molecule has 32 heavy (non-hydrogen) atoms. The first-order valence-corrected chi connectivity index (χ1v) is 10.3. The number of amides is 1. The molecule has 3 aromatic rings. The van der Waals surface area contributed by atoms with Gasteiger partial charge >= 0.3 is 6.18 Å². The zero-order valence-corrected chi connectivity index (χ0v) is 17.9. The number of carbonyl (C=O) groups is 1. The van der Waals surface area contributed by atoms with Crippen LogP contribution in [0.2, 0.25) is 0 Å². The van der Waals surface area contributed by atoms with Crippen LogP contribution >= 0.6 is 0 Å². The summed E-state index contributed by atoms with van der Waals surface area (Å²) in [6, 6.07) is 7.35. The third-order valence-corrected chi connectivity index (χ3v) is 5.60. The number of hydrogen-bond acceptors (Lipinski definition) is 5. The largest absolute Gasteiger partial charge is 0.416 e. The number of aryl methyl sites for hydroxylation is 1. The van der Waals surface area contributed by atoms with Crippen LogP contribution in [0.1, 0.15) is 52.6 Å². The lowest BCUT2D eigenvalue weighted by molar-refractivity contribution is -0.138. The molecule has 0 saturated heterocycles. The highest BCUT2D eigenvalue weighted by Gasteiger charge is 2.40. The highest BCUT2D eigenvalue weighted by Crippen LogP contribution is 2.38. The number of alkyl halides is 3. The van der Waals surface area contributed by atoms with Gasteiger partial charge in [0, 0.05) is 25.6 Å². The second-order valence-corrected chi connectivity index (χ2v) is 7.86. The smallest absolute Gasteiger partial charge is 0.370 e. The zero-order valence-electron chi connectivity index (χ0n) is 17.9. The molecule has 1 amide bonds. The van der Waals surface area contributed by atoms with Gasteiger partial charge in [-0.25, -0.2) is 4.98 Å². The van der Waals surface area contributed by atoms with Crippen molar-refractivity contribution in [3.8, 4) is 0 Å². The summed E-state index contributed by atoms with van der Waals surface area (Å²) >= 11 is 0. The van der Waals surface area contributed by atoms with Gasteiger partial charge in [0.25, 0.3) is 5.91 Å². The van der Waals surface area contributed by atoms with E-state index in [-0.39, 0.29) is 23.6 Å². The fourth-order valence-electron chi connectivity index (χ4n) is 3.90. The molecule has 168 valence electrons. The highest BCUT2D eigenvalue weighted by atomic mass is 19.4. The van der Waals surface area contributed by atoms with E-state index in [1.807, 2.05) is 31.5 Å². The summed E-state index contributed by atoms with van der Waals surface area (Å²) in [6.45, 7) is 4.37. The molecule has 0 spiro atoms. The van der Waals surface area contributed by atoms with Gasteiger partial charge in [0.05, 0.1) is 12.1 Å². The van der Waals surface area contributed by atoms with Crippen LogP contribution in [0.3, 0.4) is 0 Å². The Bertz CT molecular complexity index is 1160. The van der Waals surface area contributed by atoms with Crippen molar-refractivity contribution in [2.75, 3.05) is 16.8 Å². The van der Waals surface area contributed by atoms with Crippen LogP contribution in [0.4, 0.5) is 24.8 Å². The lowest BCUT2D eigenvalue weighted by atomic mass is 9.98. The lowest BCUT2D eigenvalue weighted by Crippen LogP contribution is -2.25. The fourth-order valence-corrected chi connectivity index (χ4v) is 3.90. The van der Waals surface area contributed by atoms with Gasteiger partial charge in [-0.2, -0.15) is 13.2 Å². The highest BCUT2D eigenvalue weighted by molar-refractivity contribution is 6.10. The molecule has 1 aliphatic rings. The van der Waals surface area contributed by atoms with E-state index < -0.39 is 17.6 Å². The zero-order chi connectivity index (χ0) is 23.0. The molecule has 1 unspecified atom stereocenters. The maximum absolute atomic E-state index is 13.5. The van der Waals surface area contributed by atoms with Crippen LogP contribution in [0, 0.1) is 0 Å². The molecule has 3 heterocycles. The Kier molecular flexibility index (Phi) is 5.62. The minimum atomic E-state index is -4.53. The predicted molar refractivity (Wildman–Crippen MR) is 113 cm³/mol. The second-order valence-electron chi connectivity index (χ2n) is 7.86. The molecule has 0 aliphatic carbocycles. The minimum absolute atomic E-state index is 0.0165. The van der Waals surface area contributed by atoms with E-state index in [9.17, 15) is 18.0 Å². The number of halogens is 3. The number of carbonyl (C=O) groups excluding carboxylic acids is 1. The number of rotatable bonds is 6. The maximum Gasteiger partial charge on any atom is 0.416 e. The molecule has 2 aromatic heterocycles. The summed E-state index contributed by atoms with van der Waals surface area (Å²) < 4.78 is 42.3. The Morgan fingerprint density at radius 1 is 1.25 bits per heavy atom. The summed E-state index contributed by atoms with van der Waals surface area (Å²) in [5.41, 5.74) is 0.150. The first kappa shape index (κ1) is 21.8. The molecular weight excluding hydrogens is 421 g/mol. The number of fused-ring (bicyclic) bond motifs is 1. The number of hydrogen-bond donors (Lipinski definition) is 1. The molecular formula is C22H23F3N6O. The number of pyridine rings is 1.